The number of carbonyl (C=O) groups is 1. The van der Waals surface area contributed by atoms with Gasteiger partial charge in [-0.05, 0) is 58.0 Å². The molecule has 0 unspecified atom stereocenters. The lowest BCUT2D eigenvalue weighted by molar-refractivity contribution is 0.00599. The molecule has 204 valence electrons. The molecule has 1 amide bonds. The Morgan fingerprint density at radius 1 is 1.03 bits per heavy atom. The van der Waals surface area contributed by atoms with E-state index in [1.165, 1.54) is 0 Å². The van der Waals surface area contributed by atoms with E-state index in [0.29, 0.717) is 38.2 Å². The number of ether oxygens (including phenoxy) is 1. The van der Waals surface area contributed by atoms with Gasteiger partial charge >= 0.3 is 0 Å². The maximum absolute atomic E-state index is 13.6. The maximum Gasteiger partial charge on any atom is 0.293 e. The van der Waals surface area contributed by atoms with Crippen LogP contribution in [0.2, 0.25) is 0 Å². The van der Waals surface area contributed by atoms with Crippen molar-refractivity contribution in [3.05, 3.63) is 66.1 Å². The summed E-state index contributed by atoms with van der Waals surface area (Å²) in [5, 5.41) is 8.27. The average Bonchev–Trinajstić information content (AvgIpc) is 3.33. The van der Waals surface area contributed by atoms with Gasteiger partial charge in [-0.1, -0.05) is 24.3 Å². The summed E-state index contributed by atoms with van der Waals surface area (Å²) >= 11 is 0. The van der Waals surface area contributed by atoms with Gasteiger partial charge in [-0.25, -0.2) is 9.67 Å². The number of nitrogens with zero attached hydrogens (tertiary/aromatic N) is 6. The number of nitrogens with one attached hydrogen (secondary N) is 1. The van der Waals surface area contributed by atoms with Crippen molar-refractivity contribution in [3.8, 4) is 17.1 Å². The van der Waals surface area contributed by atoms with Gasteiger partial charge < -0.3 is 24.8 Å². The van der Waals surface area contributed by atoms with Crippen LogP contribution in [0.25, 0.3) is 17.1 Å². The number of rotatable bonds is 4. The van der Waals surface area contributed by atoms with Crippen molar-refractivity contribution in [1.82, 2.24) is 25.0 Å². The minimum Gasteiger partial charge on any atom is -0.377 e. The molecular formula is C30H37N7O2. The van der Waals surface area contributed by atoms with E-state index in [2.05, 4.69) is 86.8 Å². The Balaban J connectivity index is 1.45. The van der Waals surface area contributed by atoms with Crippen molar-refractivity contribution in [1.29, 1.82) is 0 Å². The van der Waals surface area contributed by atoms with Gasteiger partial charge in [0.15, 0.2) is 5.82 Å². The lowest BCUT2D eigenvalue weighted by Gasteiger charge is -2.49. The van der Waals surface area contributed by atoms with Gasteiger partial charge in [0.25, 0.3) is 5.91 Å². The Morgan fingerprint density at radius 2 is 1.72 bits per heavy atom. The number of aromatic nitrogens is 3. The average molecular weight is 528 g/mol. The Labute approximate surface area is 230 Å². The topological polar surface area (TPSA) is 78.8 Å². The van der Waals surface area contributed by atoms with Gasteiger partial charge in [0.2, 0.25) is 5.82 Å². The van der Waals surface area contributed by atoms with Crippen LogP contribution in [0.5, 0.6) is 0 Å². The molecule has 2 aromatic carbocycles. The molecule has 9 heteroatoms. The highest BCUT2D eigenvalue weighted by molar-refractivity contribution is 5.91. The van der Waals surface area contributed by atoms with Crippen LogP contribution < -0.4 is 15.1 Å². The van der Waals surface area contributed by atoms with E-state index in [9.17, 15) is 4.79 Å². The van der Waals surface area contributed by atoms with Crippen molar-refractivity contribution in [2.75, 3.05) is 43.2 Å². The smallest absolute Gasteiger partial charge is 0.293 e. The number of hydrogen-bond donors (Lipinski definition) is 1. The zero-order valence-electron chi connectivity index (χ0n) is 23.4. The number of aryl methyl sites for hydroxylation is 1. The van der Waals surface area contributed by atoms with Crippen LogP contribution in [-0.4, -0.2) is 83.1 Å². The summed E-state index contributed by atoms with van der Waals surface area (Å²) in [5.41, 5.74) is 6.18. The molecule has 3 aromatic rings. The Kier molecular flexibility index (Phi) is 6.43. The number of piperazine rings is 1. The zero-order chi connectivity index (χ0) is 27.4. The fraction of sp³-hybridized carbons (Fsp3) is 0.433. The van der Waals surface area contributed by atoms with Gasteiger partial charge in [0.1, 0.15) is 0 Å². The van der Waals surface area contributed by atoms with Crippen molar-refractivity contribution in [2.24, 2.45) is 0 Å². The number of hydrogen-bond acceptors (Lipinski definition) is 7. The number of carbonyl (C=O) groups excluding carboxylic acids is 1. The molecule has 3 aliphatic rings. The fourth-order valence-electron chi connectivity index (χ4n) is 5.94. The van der Waals surface area contributed by atoms with Crippen LogP contribution in [0.1, 0.15) is 37.0 Å². The first-order valence-corrected chi connectivity index (χ1v) is 13.7. The van der Waals surface area contributed by atoms with Crippen molar-refractivity contribution < 1.29 is 9.53 Å². The number of fused-ring (bicyclic) bond motifs is 1. The fourth-order valence-corrected chi connectivity index (χ4v) is 5.94. The van der Waals surface area contributed by atoms with Crippen molar-refractivity contribution in [3.63, 3.8) is 0 Å². The Bertz CT molecular complexity index is 1400. The first-order chi connectivity index (χ1) is 18.7. The third kappa shape index (κ3) is 4.49. The van der Waals surface area contributed by atoms with Gasteiger partial charge in [-0.3, -0.25) is 4.79 Å². The van der Waals surface area contributed by atoms with E-state index in [1.54, 1.807) is 4.68 Å². The molecule has 0 aliphatic carbocycles. The monoisotopic (exact) mass is 527 g/mol. The van der Waals surface area contributed by atoms with Crippen molar-refractivity contribution >= 4 is 17.3 Å². The third-order valence-electron chi connectivity index (χ3n) is 8.14. The molecule has 6 rings (SSSR count). The maximum atomic E-state index is 13.6. The van der Waals surface area contributed by atoms with Gasteiger partial charge in [0.05, 0.1) is 42.4 Å². The summed E-state index contributed by atoms with van der Waals surface area (Å²) in [6.07, 6.45) is 0. The van der Waals surface area contributed by atoms with Gasteiger partial charge in [0, 0.05) is 43.5 Å². The minimum absolute atomic E-state index is 0.135. The highest BCUT2D eigenvalue weighted by Crippen LogP contribution is 2.43. The zero-order valence-corrected chi connectivity index (χ0v) is 23.4. The quantitative estimate of drug-likeness (QED) is 0.555. The van der Waals surface area contributed by atoms with E-state index in [4.69, 9.17) is 14.8 Å². The van der Waals surface area contributed by atoms with Crippen LogP contribution in [-0.2, 0) is 4.74 Å². The van der Waals surface area contributed by atoms with E-state index in [1.807, 2.05) is 17.0 Å². The number of likely N-dealkylation sites (N-methyl/N-ethyl adjacent to an activating group) is 1. The van der Waals surface area contributed by atoms with Crippen LogP contribution in [0.4, 0.5) is 11.4 Å². The number of benzene rings is 2. The first kappa shape index (κ1) is 25.6. The van der Waals surface area contributed by atoms with Crippen LogP contribution in [0.15, 0.2) is 54.7 Å². The molecule has 0 spiro atoms. The molecule has 0 saturated carbocycles. The van der Waals surface area contributed by atoms with E-state index in [0.717, 1.165) is 33.9 Å². The molecule has 0 radical (unpaired) electrons. The first-order valence-electron chi connectivity index (χ1n) is 13.7. The minimum atomic E-state index is -0.141. The van der Waals surface area contributed by atoms with Crippen LogP contribution in [0, 0.1) is 6.92 Å². The van der Waals surface area contributed by atoms with E-state index >= 15 is 0 Å². The molecule has 0 bridgehead atoms. The number of amides is 1. The predicted molar refractivity (Wildman–Crippen MR) is 154 cm³/mol. The predicted octanol–water partition coefficient (Wildman–Crippen LogP) is 3.62. The SMILES string of the molecule is C=C1[C@@H](C)N(C2COC2)c2cc(-c3nc(C(=O)N4C[C@@H](C)N[C@@H](C)C4)nn3-c3ccc(C)cc3)ccc2N1C. The lowest BCUT2D eigenvalue weighted by atomic mass is 9.99. The van der Waals surface area contributed by atoms with Crippen LogP contribution >= 0.6 is 0 Å². The summed E-state index contributed by atoms with van der Waals surface area (Å²) in [5.74, 6) is 0.719. The Morgan fingerprint density at radius 3 is 2.36 bits per heavy atom. The summed E-state index contributed by atoms with van der Waals surface area (Å²) in [6.45, 7) is 15.4. The molecular weight excluding hydrogens is 490 g/mol. The van der Waals surface area contributed by atoms with E-state index in [-0.39, 0.29) is 29.9 Å². The molecule has 9 nitrogen and oxygen atoms in total. The summed E-state index contributed by atoms with van der Waals surface area (Å²) in [4.78, 5) is 24.9. The molecule has 39 heavy (non-hydrogen) atoms. The van der Waals surface area contributed by atoms with Crippen LogP contribution in [0.3, 0.4) is 0 Å². The molecule has 2 saturated heterocycles. The summed E-state index contributed by atoms with van der Waals surface area (Å²) in [6, 6.07) is 15.4. The second kappa shape index (κ2) is 9.81. The van der Waals surface area contributed by atoms with E-state index < -0.39 is 0 Å². The molecule has 2 fully saturated rings. The Hall–Kier alpha value is -3.69. The summed E-state index contributed by atoms with van der Waals surface area (Å²) < 4.78 is 7.36. The molecule has 1 N–H and O–H groups in total. The largest absolute Gasteiger partial charge is 0.377 e. The van der Waals surface area contributed by atoms with Gasteiger partial charge in [-0.15, -0.1) is 5.10 Å². The lowest BCUT2D eigenvalue weighted by Crippen LogP contribution is -2.56. The molecule has 3 aliphatic heterocycles. The molecule has 3 atom stereocenters. The third-order valence-corrected chi connectivity index (χ3v) is 8.14. The second-order valence-corrected chi connectivity index (χ2v) is 11.2. The highest BCUT2D eigenvalue weighted by atomic mass is 16.5. The van der Waals surface area contributed by atoms with Crippen molar-refractivity contribution in [2.45, 2.75) is 51.9 Å². The molecule has 4 heterocycles. The summed E-state index contributed by atoms with van der Waals surface area (Å²) in [7, 11) is 2.06. The number of anilines is 2. The second-order valence-electron chi connectivity index (χ2n) is 11.2. The highest BCUT2D eigenvalue weighted by Gasteiger charge is 2.38. The normalized spacial score (nSPS) is 23.6. The molecule has 1 aromatic heterocycles. The standard InChI is InChI=1S/C30H37N7O2/c1-18-7-10-24(11-8-18)37-29(32-28(33-37)30(38)35-14-19(2)31-20(3)15-35)23-9-12-26-27(13-23)36(25-16-39-17-25)22(5)21(4)34(26)6/h7-13,19-20,22,25,31H,4,14-17H2,1-3,5-6H3/t19-,20+,22-/m1/s1. The van der Waals surface area contributed by atoms with Gasteiger partial charge in [-0.2, -0.15) is 0 Å².